The zero-order chi connectivity index (χ0) is 12.9. The van der Waals surface area contributed by atoms with Gasteiger partial charge in [-0.3, -0.25) is 14.4 Å². The van der Waals surface area contributed by atoms with Gasteiger partial charge in [-0.05, 0) is 30.4 Å². The Balaban J connectivity index is 4.75. The van der Waals surface area contributed by atoms with Crippen molar-refractivity contribution in [1.29, 1.82) is 0 Å². The van der Waals surface area contributed by atoms with Crippen LogP contribution in [0, 0.1) is 11.8 Å². The molecule has 0 rings (SSSR count). The zero-order valence-electron chi connectivity index (χ0n) is 9.74. The maximum Gasteiger partial charge on any atom is 0.315 e. The second kappa shape index (κ2) is 6.78. The van der Waals surface area contributed by atoms with Crippen LogP contribution < -0.4 is 0 Å². The van der Waals surface area contributed by atoms with Crippen LogP contribution in [0.2, 0.25) is 0 Å². The molecule has 0 amide bonds. The van der Waals surface area contributed by atoms with Crippen molar-refractivity contribution in [3.05, 3.63) is 9.66 Å². The van der Waals surface area contributed by atoms with E-state index in [0.717, 1.165) is 0 Å². The number of halogens is 1. The van der Waals surface area contributed by atoms with Crippen molar-refractivity contribution in [2.24, 2.45) is 11.8 Å². The molecule has 0 aliphatic carbocycles. The first-order valence-corrected chi connectivity index (χ1v) is 6.04. The number of ether oxygens (including phenoxy) is 1. The molecule has 0 heterocycles. The number of carbonyl (C=O) groups excluding carboxylic acids is 3. The summed E-state index contributed by atoms with van der Waals surface area (Å²) in [5.41, 5.74) is 0.513. The molecule has 0 radical (unpaired) electrons. The Kier molecular flexibility index (Phi) is 6.47. The van der Waals surface area contributed by atoms with Crippen molar-refractivity contribution in [2.45, 2.75) is 20.8 Å². The van der Waals surface area contributed by atoms with Gasteiger partial charge < -0.3 is 4.74 Å². The fourth-order valence-electron chi connectivity index (χ4n) is 1.19. The van der Waals surface area contributed by atoms with Crippen LogP contribution in [0.3, 0.4) is 0 Å². The molecule has 0 aliphatic rings. The van der Waals surface area contributed by atoms with Crippen LogP contribution in [0.4, 0.5) is 0 Å². The van der Waals surface area contributed by atoms with E-state index in [0.29, 0.717) is 5.57 Å². The van der Waals surface area contributed by atoms with Crippen molar-refractivity contribution in [3.63, 3.8) is 0 Å². The predicted octanol–water partition coefficient (Wildman–Crippen LogP) is 1.91. The maximum atomic E-state index is 11.8. The third kappa shape index (κ3) is 3.70. The number of methoxy groups -OCH3 is 1. The first kappa shape index (κ1) is 15.3. The molecule has 2 atom stereocenters. The molecule has 0 aromatic heterocycles. The minimum Gasteiger partial charge on any atom is -0.468 e. The van der Waals surface area contributed by atoms with Crippen LogP contribution in [-0.4, -0.2) is 24.6 Å². The molecule has 2 unspecified atom stereocenters. The molecule has 0 bridgehead atoms. The lowest BCUT2D eigenvalue weighted by molar-refractivity contribution is -0.150. The average Bonchev–Trinajstić information content (AvgIpc) is 2.32. The van der Waals surface area contributed by atoms with E-state index in [2.05, 4.69) is 4.74 Å². The smallest absolute Gasteiger partial charge is 0.315 e. The number of esters is 1. The van der Waals surface area contributed by atoms with E-state index >= 15 is 0 Å². The van der Waals surface area contributed by atoms with E-state index in [1.807, 2.05) is 22.6 Å². The largest absolute Gasteiger partial charge is 0.468 e. The lowest BCUT2D eigenvalue weighted by Crippen LogP contribution is -2.31. The maximum absolute atomic E-state index is 11.8. The minimum absolute atomic E-state index is 0.254. The predicted molar refractivity (Wildman–Crippen MR) is 68.1 cm³/mol. The quantitative estimate of drug-likeness (QED) is 0.333. The molecule has 0 saturated heterocycles. The number of hydrogen-bond acceptors (Lipinski definition) is 4. The average molecular weight is 338 g/mol. The molecule has 0 aromatic carbocycles. The van der Waals surface area contributed by atoms with Gasteiger partial charge in [0.15, 0.2) is 11.6 Å². The summed E-state index contributed by atoms with van der Waals surface area (Å²) in [7, 11) is 1.22. The Labute approximate surface area is 109 Å². The van der Waals surface area contributed by atoms with Gasteiger partial charge >= 0.3 is 5.97 Å². The third-order valence-corrected chi connectivity index (χ3v) is 3.29. The van der Waals surface area contributed by atoms with Crippen molar-refractivity contribution in [1.82, 2.24) is 0 Å². The summed E-state index contributed by atoms with van der Waals surface area (Å²) in [5, 5.41) is 0. The second-order valence-electron chi connectivity index (χ2n) is 3.53. The monoisotopic (exact) mass is 338 g/mol. The first-order chi connectivity index (χ1) is 7.36. The molecule has 0 N–H and O–H groups in total. The Morgan fingerprint density at radius 2 is 1.69 bits per heavy atom. The first-order valence-electron chi connectivity index (χ1n) is 4.79. The topological polar surface area (TPSA) is 60.4 Å². The third-order valence-electron chi connectivity index (χ3n) is 2.35. The number of hydrogen-bond donors (Lipinski definition) is 0. The lowest BCUT2D eigenvalue weighted by atomic mass is 9.90. The summed E-state index contributed by atoms with van der Waals surface area (Å²) in [5.74, 6) is -2.98. The number of Topliss-reactive ketones (excluding diaryl/α,β-unsaturated/α-hetero) is 2. The molecule has 16 heavy (non-hydrogen) atoms. The molecular weight excluding hydrogens is 323 g/mol. The Morgan fingerprint density at radius 1 is 1.19 bits per heavy atom. The molecule has 0 aliphatic heterocycles. The lowest BCUT2D eigenvalue weighted by Gasteiger charge is -2.13. The van der Waals surface area contributed by atoms with Gasteiger partial charge in [0.1, 0.15) is 5.92 Å². The Morgan fingerprint density at radius 3 is 2.06 bits per heavy atom. The highest BCUT2D eigenvalue weighted by molar-refractivity contribution is 14.1. The minimum atomic E-state index is -0.897. The highest BCUT2D eigenvalue weighted by Crippen LogP contribution is 2.14. The van der Waals surface area contributed by atoms with Gasteiger partial charge in [0, 0.05) is 0 Å². The Bertz CT molecular complexity index is 333. The number of ketones is 2. The van der Waals surface area contributed by atoms with E-state index < -0.39 is 23.6 Å². The standard InChI is InChI=1S/C11H15IO4/c1-6(5-12)9(13)7(2)10(14)8(3)11(15)16-4/h5,7-8H,1-4H3/b6-5+. The van der Waals surface area contributed by atoms with E-state index in [-0.39, 0.29) is 5.78 Å². The molecule has 0 aromatic rings. The highest BCUT2D eigenvalue weighted by Gasteiger charge is 2.31. The number of carbonyl (C=O) groups is 3. The molecule has 0 saturated carbocycles. The molecule has 0 spiro atoms. The highest BCUT2D eigenvalue weighted by atomic mass is 127. The van der Waals surface area contributed by atoms with E-state index in [1.165, 1.54) is 21.0 Å². The van der Waals surface area contributed by atoms with Crippen molar-refractivity contribution in [3.8, 4) is 0 Å². The zero-order valence-corrected chi connectivity index (χ0v) is 11.9. The van der Waals surface area contributed by atoms with Crippen LogP contribution >= 0.6 is 22.6 Å². The SMILES string of the molecule is COC(=O)C(C)C(=O)C(C)C(=O)/C(C)=C/I. The summed E-state index contributed by atoms with van der Waals surface area (Å²) < 4.78 is 6.08. The fourth-order valence-corrected chi connectivity index (χ4v) is 1.50. The van der Waals surface area contributed by atoms with Gasteiger partial charge in [-0.15, -0.1) is 0 Å². The number of rotatable bonds is 5. The van der Waals surface area contributed by atoms with Gasteiger partial charge in [0.2, 0.25) is 0 Å². The van der Waals surface area contributed by atoms with E-state index in [1.54, 1.807) is 11.0 Å². The van der Waals surface area contributed by atoms with Crippen LogP contribution in [0.15, 0.2) is 9.66 Å². The van der Waals surface area contributed by atoms with Crippen molar-refractivity contribution in [2.75, 3.05) is 7.11 Å². The molecule has 4 nitrogen and oxygen atoms in total. The Hall–Kier alpha value is -0.720. The van der Waals surface area contributed by atoms with Crippen LogP contribution in [-0.2, 0) is 19.1 Å². The summed E-state index contributed by atoms with van der Waals surface area (Å²) >= 11 is 1.94. The molecular formula is C11H15IO4. The van der Waals surface area contributed by atoms with Gasteiger partial charge in [-0.1, -0.05) is 22.6 Å². The van der Waals surface area contributed by atoms with Crippen LogP contribution in [0.1, 0.15) is 20.8 Å². The summed E-state index contributed by atoms with van der Waals surface area (Å²) in [6.07, 6.45) is 0. The van der Waals surface area contributed by atoms with Gasteiger partial charge in [0.25, 0.3) is 0 Å². The van der Waals surface area contributed by atoms with Crippen molar-refractivity contribution < 1.29 is 19.1 Å². The van der Waals surface area contributed by atoms with Gasteiger partial charge in [-0.2, -0.15) is 0 Å². The summed E-state index contributed by atoms with van der Waals surface area (Å²) in [6.45, 7) is 4.59. The number of allylic oxidation sites excluding steroid dienone is 1. The molecule has 0 fully saturated rings. The van der Waals surface area contributed by atoms with Gasteiger partial charge in [0.05, 0.1) is 13.0 Å². The summed E-state index contributed by atoms with van der Waals surface area (Å²) in [4.78, 5) is 34.6. The van der Waals surface area contributed by atoms with Crippen LogP contribution in [0.5, 0.6) is 0 Å². The molecule has 5 heteroatoms. The fraction of sp³-hybridized carbons (Fsp3) is 0.545. The van der Waals surface area contributed by atoms with Crippen molar-refractivity contribution >= 4 is 40.1 Å². The van der Waals surface area contributed by atoms with Crippen LogP contribution in [0.25, 0.3) is 0 Å². The summed E-state index contributed by atoms with van der Waals surface area (Å²) in [6, 6.07) is 0. The van der Waals surface area contributed by atoms with Gasteiger partial charge in [-0.25, -0.2) is 0 Å². The molecule has 90 valence electrons. The second-order valence-corrected chi connectivity index (χ2v) is 4.15. The van der Waals surface area contributed by atoms with E-state index in [4.69, 9.17) is 0 Å². The normalized spacial score (nSPS) is 15.2. The van der Waals surface area contributed by atoms with E-state index in [9.17, 15) is 14.4 Å².